The molecule has 6 heteroatoms. The lowest BCUT2D eigenvalue weighted by Crippen LogP contribution is -2.30. The van der Waals surface area contributed by atoms with E-state index >= 15 is 0 Å². The molecule has 3 aromatic rings. The van der Waals surface area contributed by atoms with Crippen LogP contribution in [0.1, 0.15) is 5.56 Å². The Morgan fingerprint density at radius 1 is 0.923 bits per heavy atom. The van der Waals surface area contributed by atoms with Gasteiger partial charge in [-0.2, -0.15) is 0 Å². The van der Waals surface area contributed by atoms with Crippen LogP contribution in [0.15, 0.2) is 83.8 Å². The van der Waals surface area contributed by atoms with E-state index in [1.165, 1.54) is 4.31 Å². The van der Waals surface area contributed by atoms with Gasteiger partial charge in [0.2, 0.25) is 0 Å². The van der Waals surface area contributed by atoms with Gasteiger partial charge in [-0.05, 0) is 54.1 Å². The van der Waals surface area contributed by atoms with Crippen molar-refractivity contribution in [3.05, 3.63) is 89.4 Å². The molecule has 0 saturated heterocycles. The van der Waals surface area contributed by atoms with Crippen molar-refractivity contribution in [1.29, 1.82) is 0 Å². The summed E-state index contributed by atoms with van der Waals surface area (Å²) in [5, 5.41) is 0.564. The number of ether oxygens (including phenoxy) is 1. The number of anilines is 1. The summed E-state index contributed by atoms with van der Waals surface area (Å²) in [4.78, 5) is 0.234. The molecule has 0 aliphatic carbocycles. The van der Waals surface area contributed by atoms with Gasteiger partial charge in [-0.1, -0.05) is 41.9 Å². The van der Waals surface area contributed by atoms with Crippen LogP contribution in [0.2, 0.25) is 5.02 Å². The number of hydrogen-bond acceptors (Lipinski definition) is 3. The van der Waals surface area contributed by atoms with E-state index in [-0.39, 0.29) is 11.4 Å². The van der Waals surface area contributed by atoms with Crippen molar-refractivity contribution >= 4 is 27.3 Å². The Kier molecular flexibility index (Phi) is 5.49. The average molecular weight is 388 g/mol. The maximum atomic E-state index is 13.2. The zero-order valence-corrected chi connectivity index (χ0v) is 15.7. The van der Waals surface area contributed by atoms with Crippen LogP contribution in [0.25, 0.3) is 0 Å². The first kappa shape index (κ1) is 18.3. The van der Waals surface area contributed by atoms with E-state index in [1.807, 2.05) is 6.07 Å². The quantitative estimate of drug-likeness (QED) is 0.613. The monoisotopic (exact) mass is 387 g/mol. The van der Waals surface area contributed by atoms with Crippen LogP contribution in [-0.2, 0) is 16.6 Å². The van der Waals surface area contributed by atoms with Crippen molar-refractivity contribution in [2.75, 3.05) is 11.4 Å². The Hall–Kier alpha value is -2.50. The molecule has 3 rings (SSSR count). The summed E-state index contributed by atoms with van der Waals surface area (Å²) in [5.74, 6) is 0.661. The van der Waals surface area contributed by atoms with Crippen LogP contribution in [0, 0.1) is 0 Å². The maximum Gasteiger partial charge on any atom is 0.264 e. The van der Waals surface area contributed by atoms with Crippen LogP contribution in [0.4, 0.5) is 5.69 Å². The summed E-state index contributed by atoms with van der Waals surface area (Å²) in [6.07, 6.45) is 0. The molecule has 134 valence electrons. The molecule has 0 N–H and O–H groups in total. The van der Waals surface area contributed by atoms with Crippen molar-refractivity contribution in [2.45, 2.75) is 11.4 Å². The molecule has 0 aliphatic rings. The predicted molar refractivity (Wildman–Crippen MR) is 104 cm³/mol. The summed E-state index contributed by atoms with van der Waals surface area (Å²) in [6.45, 7) is 0.171. The molecule has 0 heterocycles. The Morgan fingerprint density at radius 2 is 1.62 bits per heavy atom. The third kappa shape index (κ3) is 4.00. The fourth-order valence-corrected chi connectivity index (χ4v) is 4.27. The van der Waals surface area contributed by atoms with E-state index in [1.54, 1.807) is 79.9 Å². The van der Waals surface area contributed by atoms with Gasteiger partial charge in [0.15, 0.2) is 0 Å². The highest BCUT2D eigenvalue weighted by molar-refractivity contribution is 7.92. The number of methoxy groups -OCH3 is 1. The number of benzene rings is 3. The second kappa shape index (κ2) is 7.81. The summed E-state index contributed by atoms with van der Waals surface area (Å²) < 4.78 is 33.0. The molecule has 0 radical (unpaired) electrons. The van der Waals surface area contributed by atoms with Crippen molar-refractivity contribution < 1.29 is 13.2 Å². The first-order valence-corrected chi connectivity index (χ1v) is 9.79. The highest BCUT2D eigenvalue weighted by Gasteiger charge is 2.25. The van der Waals surface area contributed by atoms with E-state index in [4.69, 9.17) is 16.3 Å². The van der Waals surface area contributed by atoms with Gasteiger partial charge in [0.25, 0.3) is 10.0 Å². The van der Waals surface area contributed by atoms with Crippen LogP contribution in [0.3, 0.4) is 0 Å². The average Bonchev–Trinajstić information content (AvgIpc) is 2.67. The van der Waals surface area contributed by atoms with Gasteiger partial charge in [0.1, 0.15) is 5.75 Å². The summed E-state index contributed by atoms with van der Waals surface area (Å²) in [6, 6.07) is 22.5. The number of halogens is 1. The highest BCUT2D eigenvalue weighted by atomic mass is 35.5. The molecule has 0 aromatic heterocycles. The molecular formula is C20H18ClNO3S. The first-order chi connectivity index (χ1) is 12.5. The molecule has 0 bridgehead atoms. The lowest BCUT2D eigenvalue weighted by Gasteiger charge is -2.25. The second-order valence-electron chi connectivity index (χ2n) is 5.65. The van der Waals surface area contributed by atoms with Gasteiger partial charge in [0.05, 0.1) is 24.2 Å². The van der Waals surface area contributed by atoms with Crippen molar-refractivity contribution in [2.24, 2.45) is 0 Å². The molecule has 0 atom stereocenters. The normalized spacial score (nSPS) is 11.2. The fraction of sp³-hybridized carbons (Fsp3) is 0.100. The Morgan fingerprint density at radius 3 is 2.23 bits per heavy atom. The zero-order chi connectivity index (χ0) is 18.6. The highest BCUT2D eigenvalue weighted by Crippen LogP contribution is 2.28. The second-order valence-corrected chi connectivity index (χ2v) is 7.95. The molecule has 0 spiro atoms. The van der Waals surface area contributed by atoms with Crippen molar-refractivity contribution in [1.82, 2.24) is 0 Å². The minimum Gasteiger partial charge on any atom is -0.497 e. The standard InChI is InChI=1S/C20H18ClNO3S/c1-25-19-12-10-18(11-13-19)22(15-16-6-5-7-17(21)14-16)26(23,24)20-8-3-2-4-9-20/h2-14H,15H2,1H3. The number of rotatable bonds is 6. The molecular weight excluding hydrogens is 370 g/mol. The summed E-state index contributed by atoms with van der Waals surface area (Å²) >= 11 is 6.06. The van der Waals surface area contributed by atoms with Crippen LogP contribution in [0.5, 0.6) is 5.75 Å². The molecule has 4 nitrogen and oxygen atoms in total. The lowest BCUT2D eigenvalue weighted by molar-refractivity contribution is 0.415. The number of hydrogen-bond donors (Lipinski definition) is 0. The number of sulfonamides is 1. The Balaban J connectivity index is 2.06. The molecule has 3 aromatic carbocycles. The SMILES string of the molecule is COc1ccc(N(Cc2cccc(Cl)c2)S(=O)(=O)c2ccccc2)cc1. The minimum absolute atomic E-state index is 0.171. The Labute approximate surface area is 158 Å². The van der Waals surface area contributed by atoms with Crippen LogP contribution in [-0.4, -0.2) is 15.5 Å². The van der Waals surface area contributed by atoms with Crippen LogP contribution >= 0.6 is 11.6 Å². The predicted octanol–water partition coefficient (Wildman–Crippen LogP) is 4.74. The van der Waals surface area contributed by atoms with Gasteiger partial charge >= 0.3 is 0 Å². The lowest BCUT2D eigenvalue weighted by atomic mass is 10.2. The van der Waals surface area contributed by atoms with Gasteiger partial charge in [-0.3, -0.25) is 4.31 Å². The zero-order valence-electron chi connectivity index (χ0n) is 14.2. The minimum atomic E-state index is -3.74. The van der Waals surface area contributed by atoms with E-state index < -0.39 is 10.0 Å². The fourth-order valence-electron chi connectivity index (χ4n) is 2.58. The first-order valence-electron chi connectivity index (χ1n) is 7.97. The molecule has 0 amide bonds. The molecule has 0 saturated carbocycles. The van der Waals surface area contributed by atoms with E-state index in [2.05, 4.69) is 0 Å². The molecule has 0 fully saturated rings. The molecule has 26 heavy (non-hydrogen) atoms. The van der Waals surface area contributed by atoms with Gasteiger partial charge in [-0.15, -0.1) is 0 Å². The van der Waals surface area contributed by atoms with Gasteiger partial charge in [-0.25, -0.2) is 8.42 Å². The van der Waals surface area contributed by atoms with Crippen molar-refractivity contribution in [3.63, 3.8) is 0 Å². The van der Waals surface area contributed by atoms with Gasteiger partial charge in [0, 0.05) is 5.02 Å². The smallest absolute Gasteiger partial charge is 0.264 e. The third-order valence-electron chi connectivity index (χ3n) is 3.91. The third-order valence-corrected chi connectivity index (χ3v) is 5.93. The van der Waals surface area contributed by atoms with E-state index in [9.17, 15) is 8.42 Å². The van der Waals surface area contributed by atoms with Crippen LogP contribution < -0.4 is 9.04 Å². The van der Waals surface area contributed by atoms with E-state index in [0.29, 0.717) is 16.5 Å². The van der Waals surface area contributed by atoms with Crippen molar-refractivity contribution in [3.8, 4) is 5.75 Å². The summed E-state index contributed by atoms with van der Waals surface area (Å²) in [5.41, 5.74) is 1.35. The Bertz CT molecular complexity index is 973. The van der Waals surface area contributed by atoms with E-state index in [0.717, 1.165) is 5.56 Å². The van der Waals surface area contributed by atoms with Gasteiger partial charge < -0.3 is 4.74 Å². The summed E-state index contributed by atoms with van der Waals surface area (Å²) in [7, 11) is -2.17. The molecule has 0 unspecified atom stereocenters. The molecule has 0 aliphatic heterocycles. The number of nitrogens with zero attached hydrogens (tertiary/aromatic N) is 1. The topological polar surface area (TPSA) is 46.6 Å². The largest absolute Gasteiger partial charge is 0.497 e. The maximum absolute atomic E-state index is 13.2.